The summed E-state index contributed by atoms with van der Waals surface area (Å²) in [6.07, 6.45) is 2.85. The molecule has 1 rings (SSSR count). The topological polar surface area (TPSA) is 85.5 Å². The molecule has 0 saturated carbocycles. The van der Waals surface area contributed by atoms with Crippen LogP contribution >= 0.6 is 0 Å². The van der Waals surface area contributed by atoms with Crippen molar-refractivity contribution in [3.8, 4) is 0 Å². The lowest BCUT2D eigenvalue weighted by Gasteiger charge is -2.10. The highest BCUT2D eigenvalue weighted by Crippen LogP contribution is 2.22. The molecule has 6 nitrogen and oxygen atoms in total. The second-order valence-corrected chi connectivity index (χ2v) is 6.15. The van der Waals surface area contributed by atoms with Gasteiger partial charge in [-0.1, -0.05) is 6.07 Å². The monoisotopic (exact) mass is 243 g/mol. The van der Waals surface area contributed by atoms with E-state index >= 15 is 0 Å². The van der Waals surface area contributed by atoms with Crippen molar-refractivity contribution in [2.75, 3.05) is 6.26 Å². The normalized spacial score (nSPS) is 16.2. The van der Waals surface area contributed by atoms with Crippen molar-refractivity contribution in [3.05, 3.63) is 39.7 Å². The number of aryl methyl sites for hydroxylation is 1. The first-order valence-electron chi connectivity index (χ1n) is 4.61. The Labute approximate surface area is 94.0 Å². The molecular formula is C9H13N3O3S. The molecular weight excluding hydrogens is 230 g/mol. The van der Waals surface area contributed by atoms with Crippen LogP contribution in [0.25, 0.3) is 0 Å². The van der Waals surface area contributed by atoms with Gasteiger partial charge in [0.25, 0.3) is 0 Å². The predicted octanol–water partition coefficient (Wildman–Crippen LogP) is 1.74. The maximum absolute atomic E-state index is 11.9. The van der Waals surface area contributed by atoms with Crippen LogP contribution in [0.1, 0.15) is 23.4 Å². The lowest BCUT2D eigenvalue weighted by molar-refractivity contribution is -0.482. The predicted molar refractivity (Wildman–Crippen MR) is 60.9 cm³/mol. The largest absolute Gasteiger partial charge is 0.261 e. The van der Waals surface area contributed by atoms with Gasteiger partial charge in [0.15, 0.2) is 5.03 Å². The summed E-state index contributed by atoms with van der Waals surface area (Å²) in [5, 5.41) is 8.82. The smallest absolute Gasteiger partial charge is 0.199 e. The summed E-state index contributed by atoms with van der Waals surface area (Å²) < 4.78 is 15.0. The van der Waals surface area contributed by atoms with Gasteiger partial charge in [-0.05, 0) is 25.5 Å². The van der Waals surface area contributed by atoms with Crippen LogP contribution in [-0.2, 0) is 9.73 Å². The van der Waals surface area contributed by atoms with Gasteiger partial charge < -0.3 is 0 Å². The number of nitrogens with zero attached hydrogens (tertiary/aromatic N) is 3. The molecule has 88 valence electrons. The van der Waals surface area contributed by atoms with E-state index in [1.807, 2.05) is 6.92 Å². The summed E-state index contributed by atoms with van der Waals surface area (Å²) in [7, 11) is -2.89. The third-order valence-corrected chi connectivity index (χ3v) is 4.33. The fraction of sp³-hybridized carbons (Fsp3) is 0.444. The van der Waals surface area contributed by atoms with Crippen LogP contribution in [0, 0.1) is 17.0 Å². The summed E-state index contributed by atoms with van der Waals surface area (Å²) in [5.74, 6) is 0. The van der Waals surface area contributed by atoms with Crippen LogP contribution in [0.4, 0.5) is 0 Å². The molecule has 1 heterocycles. The molecule has 0 aliphatic heterocycles. The SMILES string of the molecule is Cc1ccc(C(C)S(C)(=O)=N[N+](=O)[O-])cn1. The van der Waals surface area contributed by atoms with Crippen LogP contribution < -0.4 is 0 Å². The number of hydrogen-bond donors (Lipinski definition) is 0. The van der Waals surface area contributed by atoms with E-state index < -0.39 is 20.0 Å². The Kier molecular flexibility index (Phi) is 3.58. The molecule has 16 heavy (non-hydrogen) atoms. The first-order chi connectivity index (χ1) is 7.33. The Morgan fingerprint density at radius 3 is 2.62 bits per heavy atom. The minimum Gasteiger partial charge on any atom is -0.261 e. The van der Waals surface area contributed by atoms with E-state index in [0.717, 1.165) is 5.69 Å². The summed E-state index contributed by atoms with van der Waals surface area (Å²) in [6, 6.07) is 3.53. The molecule has 0 fully saturated rings. The molecule has 0 amide bonds. The number of rotatable bonds is 3. The van der Waals surface area contributed by atoms with Gasteiger partial charge in [0.2, 0.25) is 0 Å². The van der Waals surface area contributed by atoms with Gasteiger partial charge >= 0.3 is 0 Å². The van der Waals surface area contributed by atoms with Gasteiger partial charge in [0.1, 0.15) is 14.2 Å². The average molecular weight is 243 g/mol. The number of hydrogen-bond acceptors (Lipinski definition) is 4. The Morgan fingerprint density at radius 1 is 1.56 bits per heavy atom. The van der Waals surface area contributed by atoms with Crippen molar-refractivity contribution in [1.82, 2.24) is 4.98 Å². The fourth-order valence-corrected chi connectivity index (χ4v) is 2.23. The quantitative estimate of drug-likeness (QED) is 0.597. The summed E-state index contributed by atoms with van der Waals surface area (Å²) in [6.45, 7) is 3.47. The molecule has 0 N–H and O–H groups in total. The Bertz CT molecular complexity index is 503. The Balaban J connectivity index is 3.12. The van der Waals surface area contributed by atoms with Gasteiger partial charge in [-0.25, -0.2) is 14.3 Å². The lowest BCUT2D eigenvalue weighted by Crippen LogP contribution is -2.10. The number of aromatic nitrogens is 1. The van der Waals surface area contributed by atoms with Crippen LogP contribution in [0.3, 0.4) is 0 Å². The van der Waals surface area contributed by atoms with Crippen LogP contribution in [0.2, 0.25) is 0 Å². The van der Waals surface area contributed by atoms with Crippen molar-refractivity contribution in [2.45, 2.75) is 19.1 Å². The lowest BCUT2D eigenvalue weighted by atomic mass is 10.2. The molecule has 0 aromatic carbocycles. The van der Waals surface area contributed by atoms with E-state index in [9.17, 15) is 14.3 Å². The van der Waals surface area contributed by atoms with Gasteiger partial charge in [-0.15, -0.1) is 0 Å². The van der Waals surface area contributed by atoms with Crippen molar-refractivity contribution < 1.29 is 9.24 Å². The minimum atomic E-state index is -2.89. The number of pyridine rings is 1. The Hall–Kier alpha value is -1.50. The van der Waals surface area contributed by atoms with Crippen LogP contribution in [0.15, 0.2) is 22.8 Å². The van der Waals surface area contributed by atoms with Crippen molar-refractivity contribution in [3.63, 3.8) is 0 Å². The first kappa shape index (κ1) is 12.6. The molecule has 0 aliphatic rings. The van der Waals surface area contributed by atoms with E-state index in [4.69, 9.17) is 0 Å². The molecule has 2 atom stereocenters. The molecule has 0 radical (unpaired) electrons. The third kappa shape index (κ3) is 2.99. The molecule has 0 saturated heterocycles. The average Bonchev–Trinajstić information content (AvgIpc) is 2.16. The van der Waals surface area contributed by atoms with E-state index in [-0.39, 0.29) is 0 Å². The summed E-state index contributed by atoms with van der Waals surface area (Å²) in [4.78, 5) is 14.3. The molecule has 1 aromatic rings. The van der Waals surface area contributed by atoms with E-state index in [1.165, 1.54) is 6.26 Å². The first-order valence-corrected chi connectivity index (χ1v) is 6.59. The van der Waals surface area contributed by atoms with E-state index in [0.29, 0.717) is 5.56 Å². The van der Waals surface area contributed by atoms with Gasteiger partial charge in [0.05, 0.1) is 5.25 Å². The fourth-order valence-electron chi connectivity index (χ4n) is 1.18. The highest BCUT2D eigenvalue weighted by Gasteiger charge is 2.19. The zero-order valence-corrected chi connectivity index (χ0v) is 10.1. The molecule has 0 spiro atoms. The highest BCUT2D eigenvalue weighted by molar-refractivity contribution is 7.93. The molecule has 2 unspecified atom stereocenters. The van der Waals surface area contributed by atoms with E-state index in [1.54, 1.807) is 25.3 Å². The van der Waals surface area contributed by atoms with Gasteiger partial charge in [-0.2, -0.15) is 0 Å². The zero-order valence-electron chi connectivity index (χ0n) is 9.28. The minimum absolute atomic E-state index is 0.522. The second kappa shape index (κ2) is 4.56. The van der Waals surface area contributed by atoms with Crippen molar-refractivity contribution in [2.24, 2.45) is 4.47 Å². The number of nitro groups is 1. The maximum Gasteiger partial charge on any atom is 0.199 e. The van der Waals surface area contributed by atoms with Crippen molar-refractivity contribution in [1.29, 1.82) is 0 Å². The standard InChI is InChI=1S/C9H13N3O3S/c1-7-4-5-9(6-10-7)8(2)16(3,15)11-12(13)14/h4-6,8H,1-3H3. The summed E-state index contributed by atoms with van der Waals surface area (Å²) >= 11 is 0. The van der Waals surface area contributed by atoms with Crippen molar-refractivity contribution >= 4 is 9.73 Å². The molecule has 0 bridgehead atoms. The second-order valence-electron chi connectivity index (χ2n) is 3.56. The third-order valence-electron chi connectivity index (χ3n) is 2.29. The van der Waals surface area contributed by atoms with Gasteiger partial charge in [0, 0.05) is 18.1 Å². The molecule has 0 aliphatic carbocycles. The highest BCUT2D eigenvalue weighted by atomic mass is 32.2. The van der Waals surface area contributed by atoms with Crippen LogP contribution in [-0.4, -0.2) is 20.5 Å². The maximum atomic E-state index is 11.9. The molecule has 1 aromatic heterocycles. The summed E-state index contributed by atoms with van der Waals surface area (Å²) in [5.41, 5.74) is 1.52. The Morgan fingerprint density at radius 2 is 2.19 bits per heavy atom. The van der Waals surface area contributed by atoms with Gasteiger partial charge in [-0.3, -0.25) is 4.98 Å². The van der Waals surface area contributed by atoms with E-state index in [2.05, 4.69) is 9.46 Å². The van der Waals surface area contributed by atoms with Crippen LogP contribution in [0.5, 0.6) is 0 Å². The zero-order chi connectivity index (χ0) is 12.3. The molecule has 7 heteroatoms.